The van der Waals surface area contributed by atoms with Crippen molar-refractivity contribution < 1.29 is 9.90 Å². The number of thiazole rings is 1. The van der Waals surface area contributed by atoms with Gasteiger partial charge in [0.25, 0.3) is 5.91 Å². The maximum Gasteiger partial charge on any atom is 0.271 e. The van der Waals surface area contributed by atoms with Crippen LogP contribution < -0.4 is 10.2 Å². The van der Waals surface area contributed by atoms with Crippen LogP contribution in [0.2, 0.25) is 0 Å². The van der Waals surface area contributed by atoms with Crippen LogP contribution >= 0.6 is 11.3 Å². The Bertz CT molecular complexity index is 450. The number of aliphatic hydroxyl groups excluding tert-OH is 1. The number of hydrogen-bond donors (Lipinski definition) is 2. The lowest BCUT2D eigenvalue weighted by atomic mass is 9.95. The molecular formula is C13H19N3O2S. The number of carbonyl (C=O) groups is 1. The molecule has 2 aliphatic rings. The first-order valence-corrected chi connectivity index (χ1v) is 7.80. The average Bonchev–Trinajstić information content (AvgIpc) is 2.85. The Kier molecular flexibility index (Phi) is 3.70. The Labute approximate surface area is 116 Å². The van der Waals surface area contributed by atoms with Crippen LogP contribution in [0.25, 0.3) is 0 Å². The normalized spacial score (nSPS) is 21.2. The van der Waals surface area contributed by atoms with E-state index in [1.165, 1.54) is 30.6 Å². The Hall–Kier alpha value is -1.14. The number of carbonyl (C=O) groups excluding carboxylic acids is 1. The first-order chi connectivity index (χ1) is 9.22. The molecule has 1 aromatic heterocycles. The van der Waals surface area contributed by atoms with Gasteiger partial charge in [-0.2, -0.15) is 0 Å². The van der Waals surface area contributed by atoms with E-state index in [2.05, 4.69) is 10.3 Å². The highest BCUT2D eigenvalue weighted by atomic mass is 32.1. The lowest BCUT2D eigenvalue weighted by Crippen LogP contribution is -2.50. The van der Waals surface area contributed by atoms with Gasteiger partial charge in [0, 0.05) is 24.5 Å². The van der Waals surface area contributed by atoms with Crippen molar-refractivity contribution in [3.8, 4) is 0 Å². The lowest BCUT2D eigenvalue weighted by Gasteiger charge is -2.35. The highest BCUT2D eigenvalue weighted by Gasteiger charge is 2.27. The summed E-state index contributed by atoms with van der Waals surface area (Å²) >= 11 is 1.47. The number of aliphatic hydroxyl groups is 1. The molecule has 0 unspecified atom stereocenters. The molecule has 0 aromatic carbocycles. The van der Waals surface area contributed by atoms with E-state index in [4.69, 9.17) is 0 Å². The second-order valence-electron chi connectivity index (χ2n) is 5.38. The van der Waals surface area contributed by atoms with Crippen molar-refractivity contribution in [1.82, 2.24) is 10.3 Å². The molecule has 1 aromatic rings. The third-order valence-electron chi connectivity index (χ3n) is 3.80. The summed E-state index contributed by atoms with van der Waals surface area (Å²) < 4.78 is 0. The van der Waals surface area contributed by atoms with Crippen LogP contribution in [0.5, 0.6) is 0 Å². The van der Waals surface area contributed by atoms with Gasteiger partial charge >= 0.3 is 0 Å². The van der Waals surface area contributed by atoms with Gasteiger partial charge in [-0.3, -0.25) is 4.79 Å². The third-order valence-corrected chi connectivity index (χ3v) is 4.70. The van der Waals surface area contributed by atoms with Crippen LogP contribution in [-0.4, -0.2) is 41.2 Å². The number of anilines is 1. The van der Waals surface area contributed by atoms with Crippen LogP contribution in [-0.2, 0) is 0 Å². The van der Waals surface area contributed by atoms with Gasteiger partial charge in [0.1, 0.15) is 5.69 Å². The van der Waals surface area contributed by atoms with E-state index in [0.29, 0.717) is 24.8 Å². The zero-order valence-electron chi connectivity index (χ0n) is 10.8. The fourth-order valence-corrected chi connectivity index (χ4v) is 3.46. The van der Waals surface area contributed by atoms with Gasteiger partial charge in [-0.15, -0.1) is 11.3 Å². The van der Waals surface area contributed by atoms with Crippen molar-refractivity contribution in [1.29, 1.82) is 0 Å². The molecule has 2 fully saturated rings. The second kappa shape index (κ2) is 5.46. The van der Waals surface area contributed by atoms with Gasteiger partial charge in [0.05, 0.1) is 6.10 Å². The van der Waals surface area contributed by atoms with E-state index < -0.39 is 0 Å². The van der Waals surface area contributed by atoms with Gasteiger partial charge in [0.2, 0.25) is 0 Å². The van der Waals surface area contributed by atoms with Crippen molar-refractivity contribution in [3.05, 3.63) is 11.1 Å². The smallest absolute Gasteiger partial charge is 0.271 e. The zero-order chi connectivity index (χ0) is 13.2. The predicted octanol–water partition coefficient (Wildman–Crippen LogP) is 1.39. The van der Waals surface area contributed by atoms with Crippen molar-refractivity contribution in [2.75, 3.05) is 18.0 Å². The number of β-amino-alcohol motifs (C(OH)–C–C–N with tert-alkyl or cyclic N) is 1. The summed E-state index contributed by atoms with van der Waals surface area (Å²) in [5.41, 5.74) is 0.506. The van der Waals surface area contributed by atoms with E-state index in [1.807, 2.05) is 4.90 Å². The van der Waals surface area contributed by atoms with Crippen molar-refractivity contribution in [2.45, 2.75) is 44.2 Å². The highest BCUT2D eigenvalue weighted by Crippen LogP contribution is 2.25. The van der Waals surface area contributed by atoms with Crippen molar-refractivity contribution in [2.24, 2.45) is 0 Å². The molecule has 5 nitrogen and oxygen atoms in total. The molecule has 0 bridgehead atoms. The number of amides is 1. The number of nitrogens with zero attached hydrogens (tertiary/aromatic N) is 2. The fraction of sp³-hybridized carbons (Fsp3) is 0.692. The Morgan fingerprint density at radius 2 is 2.11 bits per heavy atom. The van der Waals surface area contributed by atoms with Crippen LogP contribution in [0.3, 0.4) is 0 Å². The largest absolute Gasteiger partial charge is 0.389 e. The molecule has 104 valence electrons. The van der Waals surface area contributed by atoms with Crippen molar-refractivity contribution in [3.63, 3.8) is 0 Å². The first kappa shape index (κ1) is 12.9. The van der Waals surface area contributed by atoms with E-state index in [9.17, 15) is 9.90 Å². The predicted molar refractivity (Wildman–Crippen MR) is 74.7 cm³/mol. The molecule has 2 N–H and O–H groups in total. The molecule has 2 heterocycles. The van der Waals surface area contributed by atoms with Crippen LogP contribution in [0.4, 0.5) is 5.13 Å². The van der Waals surface area contributed by atoms with Crippen LogP contribution in [0.15, 0.2) is 5.38 Å². The summed E-state index contributed by atoms with van der Waals surface area (Å²) in [6.45, 7) is 1.24. The molecule has 0 radical (unpaired) electrons. The quantitative estimate of drug-likeness (QED) is 0.878. The highest BCUT2D eigenvalue weighted by molar-refractivity contribution is 7.14. The summed E-state index contributed by atoms with van der Waals surface area (Å²) in [5.74, 6) is -0.0597. The molecule has 19 heavy (non-hydrogen) atoms. The van der Waals surface area contributed by atoms with Gasteiger partial charge in [-0.1, -0.05) is 19.3 Å². The topological polar surface area (TPSA) is 65.5 Å². The van der Waals surface area contributed by atoms with Gasteiger partial charge in [-0.25, -0.2) is 4.98 Å². The molecule has 1 aliphatic heterocycles. The van der Waals surface area contributed by atoms with Gasteiger partial charge < -0.3 is 15.3 Å². The summed E-state index contributed by atoms with van der Waals surface area (Å²) in [4.78, 5) is 18.4. The van der Waals surface area contributed by atoms with E-state index in [0.717, 1.165) is 18.0 Å². The Morgan fingerprint density at radius 3 is 2.79 bits per heavy atom. The average molecular weight is 281 g/mol. The molecule has 3 rings (SSSR count). The minimum atomic E-state index is -0.247. The van der Waals surface area contributed by atoms with E-state index in [1.54, 1.807) is 5.38 Å². The van der Waals surface area contributed by atoms with Gasteiger partial charge in [-0.05, 0) is 12.8 Å². The molecule has 6 heteroatoms. The van der Waals surface area contributed by atoms with Crippen LogP contribution in [0.1, 0.15) is 42.6 Å². The number of aromatic nitrogens is 1. The van der Waals surface area contributed by atoms with Crippen LogP contribution in [0, 0.1) is 0 Å². The molecule has 0 atom stereocenters. The summed E-state index contributed by atoms with van der Waals surface area (Å²) in [6.07, 6.45) is 5.62. The first-order valence-electron chi connectivity index (χ1n) is 6.92. The molecule has 1 amide bonds. The molecular weight excluding hydrogens is 262 g/mol. The maximum atomic E-state index is 12.1. The summed E-state index contributed by atoms with van der Waals surface area (Å²) in [5, 5.41) is 15.0. The molecule has 1 aliphatic carbocycles. The molecule has 1 saturated carbocycles. The third kappa shape index (κ3) is 2.90. The summed E-state index contributed by atoms with van der Waals surface area (Å²) in [7, 11) is 0. The SMILES string of the molecule is O=C(NC1CCCCC1)c1csc(N2CC(O)C2)n1. The van der Waals surface area contributed by atoms with E-state index >= 15 is 0 Å². The lowest BCUT2D eigenvalue weighted by molar-refractivity contribution is 0.0923. The van der Waals surface area contributed by atoms with Gasteiger partial charge in [0.15, 0.2) is 5.13 Å². The number of nitrogens with one attached hydrogen (secondary N) is 1. The van der Waals surface area contributed by atoms with Crippen molar-refractivity contribution >= 4 is 22.4 Å². The zero-order valence-corrected chi connectivity index (χ0v) is 11.7. The Morgan fingerprint density at radius 1 is 1.37 bits per heavy atom. The monoisotopic (exact) mass is 281 g/mol. The van der Waals surface area contributed by atoms with E-state index in [-0.39, 0.29) is 12.0 Å². The number of rotatable bonds is 3. The minimum absolute atomic E-state index is 0.0597. The maximum absolute atomic E-state index is 12.1. The minimum Gasteiger partial charge on any atom is -0.389 e. The standard InChI is InChI=1S/C13H19N3O2S/c17-10-6-16(7-10)13-15-11(8-19-13)12(18)14-9-4-2-1-3-5-9/h8-10,17H,1-7H2,(H,14,18). The summed E-state index contributed by atoms with van der Waals surface area (Å²) in [6, 6.07) is 0.317. The Balaban J connectivity index is 1.57. The molecule has 1 saturated heterocycles. The fourth-order valence-electron chi connectivity index (χ4n) is 2.63. The second-order valence-corrected chi connectivity index (χ2v) is 6.22. The number of hydrogen-bond acceptors (Lipinski definition) is 5. The molecule has 0 spiro atoms.